The van der Waals surface area contributed by atoms with E-state index in [1.54, 1.807) is 6.08 Å². The lowest BCUT2D eigenvalue weighted by atomic mass is 9.66. The number of fused-ring (bicyclic) bond motifs is 2. The van der Waals surface area contributed by atoms with E-state index in [9.17, 15) is 45.3 Å². The average molecular weight is 600 g/mol. The molecule has 0 bridgehead atoms. The highest BCUT2D eigenvalue weighted by Gasteiger charge is 2.39. The van der Waals surface area contributed by atoms with Gasteiger partial charge in [-0.1, -0.05) is 32.8 Å². The maximum atomic E-state index is 13.7. The van der Waals surface area contributed by atoms with Crippen LogP contribution in [-0.4, -0.2) is 41.6 Å². The summed E-state index contributed by atoms with van der Waals surface area (Å²) in [7, 11) is -4.53. The number of alkyl halides is 3. The molecule has 41 heavy (non-hydrogen) atoms. The highest BCUT2D eigenvalue weighted by molar-refractivity contribution is 7.86. The Bertz CT molecular complexity index is 1590. The van der Waals surface area contributed by atoms with Crippen molar-refractivity contribution >= 4 is 44.4 Å². The summed E-state index contributed by atoms with van der Waals surface area (Å²) in [4.78, 5) is 52.1. The number of unbranched alkanes of at least 4 members (excludes halogenated alkanes) is 2. The van der Waals surface area contributed by atoms with Crippen molar-refractivity contribution in [1.29, 1.82) is 0 Å². The van der Waals surface area contributed by atoms with Crippen LogP contribution in [0.2, 0.25) is 0 Å². The lowest BCUT2D eigenvalue weighted by Gasteiger charge is -2.39. The van der Waals surface area contributed by atoms with Crippen molar-refractivity contribution in [3.05, 3.63) is 51.4 Å². The molecule has 2 heterocycles. The van der Waals surface area contributed by atoms with Gasteiger partial charge in [0.1, 0.15) is 11.3 Å². The van der Waals surface area contributed by atoms with E-state index in [0.29, 0.717) is 42.4 Å². The van der Waals surface area contributed by atoms with Crippen LogP contribution in [0.1, 0.15) is 81.4 Å². The Kier molecular flexibility index (Phi) is 8.20. The molecule has 10 nitrogen and oxygen atoms in total. The SMILES string of the molecule is CC1(C)C=C(CS(=O)(=O)O)c2cc3c(C(F)(F)F)cc(=O)oc3cc2C1CCCCCC(=O)ON1C(=O)CCC1=O. The molecule has 4 rings (SSSR count). The molecule has 0 spiro atoms. The van der Waals surface area contributed by atoms with Crippen molar-refractivity contribution in [2.75, 3.05) is 5.75 Å². The number of carbonyl (C=O) groups excluding carboxylic acids is 3. The number of allylic oxidation sites excluding steroid dienone is 1. The Hall–Kier alpha value is -3.52. The van der Waals surface area contributed by atoms with Gasteiger partial charge in [-0.05, 0) is 53.0 Å². The van der Waals surface area contributed by atoms with Crippen LogP contribution in [0, 0.1) is 5.41 Å². The predicted molar refractivity (Wildman–Crippen MR) is 139 cm³/mol. The fourth-order valence-corrected chi connectivity index (χ4v) is 6.13. The van der Waals surface area contributed by atoms with Crippen molar-refractivity contribution in [3.8, 4) is 0 Å². The minimum Gasteiger partial charge on any atom is -0.423 e. The quantitative estimate of drug-likeness (QED) is 0.186. The first-order valence-electron chi connectivity index (χ1n) is 12.9. The molecule has 14 heteroatoms. The summed E-state index contributed by atoms with van der Waals surface area (Å²) in [5, 5.41) is 0.0664. The zero-order chi connectivity index (χ0) is 30.3. The Morgan fingerprint density at radius 3 is 2.37 bits per heavy atom. The second kappa shape index (κ2) is 11.0. The molecule has 1 atom stereocenters. The Morgan fingerprint density at radius 2 is 1.76 bits per heavy atom. The van der Waals surface area contributed by atoms with Crippen LogP contribution in [-0.2, 0) is 35.5 Å². The van der Waals surface area contributed by atoms with Gasteiger partial charge in [0, 0.05) is 30.7 Å². The van der Waals surface area contributed by atoms with Crippen molar-refractivity contribution in [1.82, 2.24) is 5.06 Å². The van der Waals surface area contributed by atoms with Gasteiger partial charge in [-0.3, -0.25) is 14.1 Å². The second-order valence-corrected chi connectivity index (χ2v) is 12.3. The number of hydrogen-bond donors (Lipinski definition) is 1. The molecule has 1 unspecified atom stereocenters. The average Bonchev–Trinajstić information content (AvgIpc) is 3.14. The van der Waals surface area contributed by atoms with Crippen LogP contribution in [0.5, 0.6) is 0 Å². The summed E-state index contributed by atoms with van der Waals surface area (Å²) in [5.41, 5.74) is -2.63. The number of rotatable bonds is 9. The number of carbonyl (C=O) groups is 3. The fourth-order valence-electron chi connectivity index (χ4n) is 5.50. The van der Waals surface area contributed by atoms with Gasteiger partial charge in [-0.2, -0.15) is 21.6 Å². The van der Waals surface area contributed by atoms with Crippen molar-refractivity contribution in [2.24, 2.45) is 5.41 Å². The van der Waals surface area contributed by atoms with E-state index in [1.165, 1.54) is 6.07 Å². The molecule has 2 aromatic rings. The number of nitrogens with zero attached hydrogens (tertiary/aromatic N) is 1. The third kappa shape index (κ3) is 6.87. The molecule has 1 saturated heterocycles. The monoisotopic (exact) mass is 599 g/mol. The van der Waals surface area contributed by atoms with E-state index in [4.69, 9.17) is 9.25 Å². The van der Waals surface area contributed by atoms with Gasteiger partial charge < -0.3 is 9.25 Å². The molecule has 1 N–H and O–H groups in total. The van der Waals surface area contributed by atoms with Crippen LogP contribution in [0.3, 0.4) is 0 Å². The maximum Gasteiger partial charge on any atom is 0.417 e. The molecule has 1 aromatic heterocycles. The summed E-state index contributed by atoms with van der Waals surface area (Å²) in [6.45, 7) is 3.64. The normalized spacial score (nSPS) is 18.9. The highest BCUT2D eigenvalue weighted by Crippen LogP contribution is 2.50. The summed E-state index contributed by atoms with van der Waals surface area (Å²) >= 11 is 0. The third-order valence-electron chi connectivity index (χ3n) is 7.30. The molecule has 0 saturated carbocycles. The van der Waals surface area contributed by atoms with Crippen LogP contribution in [0.15, 0.2) is 33.5 Å². The largest absolute Gasteiger partial charge is 0.423 e. The predicted octanol–water partition coefficient (Wildman–Crippen LogP) is 4.76. The van der Waals surface area contributed by atoms with Gasteiger partial charge in [0.05, 0.1) is 5.56 Å². The highest BCUT2D eigenvalue weighted by atomic mass is 32.2. The first kappa shape index (κ1) is 30.4. The first-order chi connectivity index (χ1) is 19.0. The van der Waals surface area contributed by atoms with Crippen LogP contribution in [0.4, 0.5) is 13.2 Å². The number of hydroxylamine groups is 2. The molecule has 1 aliphatic heterocycles. The van der Waals surface area contributed by atoms with E-state index >= 15 is 0 Å². The van der Waals surface area contributed by atoms with Crippen molar-refractivity contribution < 1.29 is 49.8 Å². The zero-order valence-electron chi connectivity index (χ0n) is 22.2. The summed E-state index contributed by atoms with van der Waals surface area (Å²) in [6, 6.07) is 2.81. The number of imide groups is 1. The molecule has 2 amide bonds. The molecule has 2 aliphatic rings. The number of benzene rings is 1. The zero-order valence-corrected chi connectivity index (χ0v) is 23.1. The van der Waals surface area contributed by atoms with Gasteiger partial charge in [-0.25, -0.2) is 9.59 Å². The molecule has 222 valence electrons. The third-order valence-corrected chi connectivity index (χ3v) is 7.97. The van der Waals surface area contributed by atoms with Gasteiger partial charge in [0.25, 0.3) is 21.9 Å². The smallest absolute Gasteiger partial charge is 0.417 e. The summed E-state index contributed by atoms with van der Waals surface area (Å²) < 4.78 is 79.4. The molecular weight excluding hydrogens is 571 g/mol. The van der Waals surface area contributed by atoms with Crippen LogP contribution < -0.4 is 5.63 Å². The number of amides is 2. The van der Waals surface area contributed by atoms with E-state index in [2.05, 4.69) is 0 Å². The van der Waals surface area contributed by atoms with E-state index in [-0.39, 0.29) is 41.9 Å². The Balaban J connectivity index is 1.58. The number of halogens is 3. The van der Waals surface area contributed by atoms with Gasteiger partial charge in [0.15, 0.2) is 0 Å². The Labute approximate surface area is 232 Å². The maximum absolute atomic E-state index is 13.7. The van der Waals surface area contributed by atoms with Gasteiger partial charge in [-0.15, -0.1) is 5.06 Å². The van der Waals surface area contributed by atoms with Crippen LogP contribution >= 0.6 is 0 Å². The second-order valence-electron chi connectivity index (χ2n) is 10.8. The summed E-state index contributed by atoms with van der Waals surface area (Å²) in [6.07, 6.45) is -1.40. The minimum absolute atomic E-state index is 0.0125. The van der Waals surface area contributed by atoms with E-state index in [1.807, 2.05) is 13.8 Å². The fraction of sp³-hybridized carbons (Fsp3) is 0.481. The van der Waals surface area contributed by atoms with E-state index < -0.39 is 61.8 Å². The number of hydrogen-bond acceptors (Lipinski definition) is 8. The van der Waals surface area contributed by atoms with E-state index in [0.717, 1.165) is 6.07 Å². The Morgan fingerprint density at radius 1 is 1.10 bits per heavy atom. The first-order valence-corrected chi connectivity index (χ1v) is 14.5. The minimum atomic E-state index is -4.88. The van der Waals surface area contributed by atoms with Crippen molar-refractivity contribution in [2.45, 2.75) is 70.9 Å². The lowest BCUT2D eigenvalue weighted by Crippen LogP contribution is -2.31. The van der Waals surface area contributed by atoms with Gasteiger partial charge in [0.2, 0.25) is 0 Å². The molecule has 1 aromatic carbocycles. The van der Waals surface area contributed by atoms with Crippen LogP contribution in [0.25, 0.3) is 16.5 Å². The molecule has 0 radical (unpaired) electrons. The molecule has 1 fully saturated rings. The topological polar surface area (TPSA) is 148 Å². The lowest BCUT2D eigenvalue weighted by molar-refractivity contribution is -0.197. The standard InChI is InChI=1S/C27H28F3NO9S/c1-26(2)13-15(14-41(36,37)38)16-10-18-20(27(28,29)30)12-25(35)39-21(18)11-17(16)19(26)6-4-3-5-7-24(34)40-31-22(32)8-9-23(31)33/h10-13,19H,3-9,14H2,1-2H3,(H,36,37,38). The van der Waals surface area contributed by atoms with Gasteiger partial charge >= 0.3 is 17.8 Å². The summed E-state index contributed by atoms with van der Waals surface area (Å²) in [5.74, 6) is -3.04. The molecular formula is C27H28F3NO9S. The van der Waals surface area contributed by atoms with Crippen molar-refractivity contribution in [3.63, 3.8) is 0 Å². The molecule has 1 aliphatic carbocycles.